The van der Waals surface area contributed by atoms with E-state index in [-0.39, 0.29) is 29.9 Å². The van der Waals surface area contributed by atoms with E-state index in [1.165, 1.54) is 6.08 Å². The quantitative estimate of drug-likeness (QED) is 0.117. The van der Waals surface area contributed by atoms with Crippen molar-refractivity contribution in [3.63, 3.8) is 0 Å². The molecule has 5 atom stereocenters. The highest BCUT2D eigenvalue weighted by atomic mass is 16.5. The largest absolute Gasteiger partial charge is 0.447 e. The molecule has 0 aromatic carbocycles. The molecule has 5 N–H and O–H groups in total. The minimum atomic E-state index is -1.03. The van der Waals surface area contributed by atoms with Gasteiger partial charge in [-0.2, -0.15) is 0 Å². The summed E-state index contributed by atoms with van der Waals surface area (Å²) >= 11 is 0. The van der Waals surface area contributed by atoms with Gasteiger partial charge in [0.25, 0.3) is 5.91 Å². The van der Waals surface area contributed by atoms with Gasteiger partial charge in [-0.1, -0.05) is 86.6 Å². The van der Waals surface area contributed by atoms with E-state index in [4.69, 9.17) is 4.74 Å². The number of hydrogen-bond donors (Lipinski definition) is 5. The molecule has 288 valence electrons. The number of nitrogens with zero attached hydrogens (tertiary/aromatic N) is 1. The van der Waals surface area contributed by atoms with E-state index < -0.39 is 64.7 Å². The standard InChI is InChI=1S/C38H64N6O7/c1-10-13-17-25(28(45)31(47)40-20-11-2)41-30(46)26-21-38(23-36(38,7)8)24-44(26)32(48)29(37(9)18-15-14-16-19-37)43-33(49)42-27(35(4,5)6)22-51-34(50)39-12-3/h11,25-27,29H,2,10,12-24H2,1,3-9H3,(H,39,50)(H,40,47)(H,41,46)(H2,42,43,49)/t25?,26?,27-,29-,38+/m1/s1. The van der Waals surface area contributed by atoms with Crippen molar-refractivity contribution < 1.29 is 33.5 Å². The van der Waals surface area contributed by atoms with Gasteiger partial charge in [0.15, 0.2) is 0 Å². The topological polar surface area (TPSA) is 175 Å². The van der Waals surface area contributed by atoms with Crippen LogP contribution in [0.5, 0.6) is 0 Å². The van der Waals surface area contributed by atoms with Gasteiger partial charge in [-0.15, -0.1) is 6.58 Å². The first-order chi connectivity index (χ1) is 23.8. The summed E-state index contributed by atoms with van der Waals surface area (Å²) < 4.78 is 5.37. The number of ether oxygens (including phenoxy) is 1. The molecule has 0 bridgehead atoms. The van der Waals surface area contributed by atoms with Gasteiger partial charge >= 0.3 is 12.1 Å². The molecule has 1 heterocycles. The van der Waals surface area contributed by atoms with E-state index in [1.807, 2.05) is 34.6 Å². The second-order valence-electron chi connectivity index (χ2n) is 16.9. The van der Waals surface area contributed by atoms with Crippen molar-refractivity contribution in [3.05, 3.63) is 12.7 Å². The number of urea groups is 1. The highest BCUT2D eigenvalue weighted by Gasteiger charge is 2.67. The van der Waals surface area contributed by atoms with Gasteiger partial charge in [0.05, 0.1) is 12.1 Å². The Balaban J connectivity index is 1.91. The predicted molar refractivity (Wildman–Crippen MR) is 196 cm³/mol. The van der Waals surface area contributed by atoms with E-state index in [2.05, 4.69) is 47.0 Å². The summed E-state index contributed by atoms with van der Waals surface area (Å²) in [5, 5.41) is 13.9. The molecule has 3 aliphatic rings. The fourth-order valence-electron chi connectivity index (χ4n) is 7.76. The Morgan fingerprint density at radius 2 is 1.61 bits per heavy atom. The Labute approximate surface area is 304 Å². The molecule has 0 radical (unpaired) electrons. The SMILES string of the molecule is C=CCNC(=O)C(=O)C(CCCC)NC(=O)C1C[C@@]2(CN1C(=O)[C@@H](NC(=O)N[C@H](COC(=O)NCC)C(C)(C)C)C1(C)CCCCC1)CC2(C)C. The first-order valence-corrected chi connectivity index (χ1v) is 18.9. The highest BCUT2D eigenvalue weighted by molar-refractivity contribution is 6.38. The smallest absolute Gasteiger partial charge is 0.407 e. The number of hydrogen-bond acceptors (Lipinski definition) is 7. The first-order valence-electron chi connectivity index (χ1n) is 18.9. The van der Waals surface area contributed by atoms with Crippen molar-refractivity contribution in [3.8, 4) is 0 Å². The van der Waals surface area contributed by atoms with Gasteiger partial charge in [0, 0.05) is 19.6 Å². The van der Waals surface area contributed by atoms with E-state index in [0.29, 0.717) is 32.4 Å². The number of rotatable bonds is 16. The molecular formula is C38H64N6O7. The lowest BCUT2D eigenvalue weighted by Gasteiger charge is -2.42. The summed E-state index contributed by atoms with van der Waals surface area (Å²) in [6.07, 6.45) is 8.14. The lowest BCUT2D eigenvalue weighted by Crippen LogP contribution is -2.62. The second-order valence-corrected chi connectivity index (χ2v) is 16.9. The summed E-state index contributed by atoms with van der Waals surface area (Å²) in [7, 11) is 0. The average molecular weight is 717 g/mol. The van der Waals surface area contributed by atoms with Crippen LogP contribution in [0.25, 0.3) is 0 Å². The van der Waals surface area contributed by atoms with Crippen LogP contribution < -0.4 is 26.6 Å². The molecular weight excluding hydrogens is 652 g/mol. The first kappa shape index (κ1) is 41.8. The van der Waals surface area contributed by atoms with Crippen LogP contribution in [0, 0.1) is 21.7 Å². The van der Waals surface area contributed by atoms with Gasteiger partial charge in [0.2, 0.25) is 17.6 Å². The maximum absolute atomic E-state index is 14.9. The van der Waals surface area contributed by atoms with Gasteiger partial charge in [-0.05, 0) is 60.7 Å². The summed E-state index contributed by atoms with van der Waals surface area (Å²) in [6, 6.07) is -3.96. The Kier molecular flexibility index (Phi) is 14.1. The molecule has 13 nitrogen and oxygen atoms in total. The zero-order valence-corrected chi connectivity index (χ0v) is 32.3. The van der Waals surface area contributed by atoms with Crippen LogP contribution >= 0.6 is 0 Å². The normalized spacial score (nSPS) is 23.6. The number of nitrogens with one attached hydrogen (secondary N) is 5. The molecule has 2 aliphatic carbocycles. The number of unbranched alkanes of at least 4 members (excludes halogenated alkanes) is 1. The second kappa shape index (κ2) is 17.3. The van der Waals surface area contributed by atoms with E-state index in [0.717, 1.165) is 44.9 Å². The maximum Gasteiger partial charge on any atom is 0.407 e. The van der Waals surface area contributed by atoms with E-state index in [1.54, 1.807) is 11.8 Å². The van der Waals surface area contributed by atoms with Crippen molar-refractivity contribution in [1.82, 2.24) is 31.5 Å². The third-order valence-corrected chi connectivity index (χ3v) is 11.5. The fourth-order valence-corrected chi connectivity index (χ4v) is 7.76. The zero-order valence-electron chi connectivity index (χ0n) is 32.3. The predicted octanol–water partition coefficient (Wildman–Crippen LogP) is 4.35. The average Bonchev–Trinajstić information content (AvgIpc) is 3.38. The molecule has 51 heavy (non-hydrogen) atoms. The molecule has 6 amide bonds. The minimum absolute atomic E-state index is 0.0614. The Morgan fingerprint density at radius 3 is 2.16 bits per heavy atom. The van der Waals surface area contributed by atoms with Gasteiger partial charge < -0.3 is 36.2 Å². The van der Waals surface area contributed by atoms with Crippen molar-refractivity contribution >= 4 is 35.6 Å². The number of likely N-dealkylation sites (tertiary alicyclic amines) is 1. The molecule has 2 saturated carbocycles. The van der Waals surface area contributed by atoms with Crippen LogP contribution in [0.1, 0.15) is 120 Å². The number of ketones is 1. The summed E-state index contributed by atoms with van der Waals surface area (Å²) in [5.74, 6) is -2.33. The van der Waals surface area contributed by atoms with Gasteiger partial charge in [0.1, 0.15) is 18.7 Å². The van der Waals surface area contributed by atoms with Crippen LogP contribution in [-0.4, -0.2) is 90.9 Å². The van der Waals surface area contributed by atoms with Crippen LogP contribution in [-0.2, 0) is 23.9 Å². The van der Waals surface area contributed by atoms with Gasteiger partial charge in [-0.3, -0.25) is 19.2 Å². The maximum atomic E-state index is 14.9. The number of alkyl carbamates (subject to hydrolysis) is 1. The van der Waals surface area contributed by atoms with Crippen LogP contribution in [0.15, 0.2) is 12.7 Å². The molecule has 1 spiro atoms. The lowest BCUT2D eigenvalue weighted by atomic mass is 9.70. The Bertz CT molecular complexity index is 1300. The van der Waals surface area contributed by atoms with E-state index in [9.17, 15) is 28.8 Å². The molecule has 1 aliphatic heterocycles. The number of carbonyl (C=O) groups is 6. The molecule has 2 unspecified atom stereocenters. The van der Waals surface area contributed by atoms with Crippen LogP contribution in [0.4, 0.5) is 9.59 Å². The van der Waals surface area contributed by atoms with Crippen molar-refractivity contribution in [1.29, 1.82) is 0 Å². The van der Waals surface area contributed by atoms with Crippen molar-refractivity contribution in [2.75, 3.05) is 26.2 Å². The monoisotopic (exact) mass is 716 g/mol. The molecule has 0 aromatic heterocycles. The molecule has 0 aromatic rings. The highest BCUT2D eigenvalue weighted by Crippen LogP contribution is 2.69. The summed E-state index contributed by atoms with van der Waals surface area (Å²) in [4.78, 5) is 82.4. The Morgan fingerprint density at radius 1 is 0.961 bits per heavy atom. The summed E-state index contributed by atoms with van der Waals surface area (Å²) in [5.41, 5.74) is -1.42. The molecule has 3 rings (SSSR count). The van der Waals surface area contributed by atoms with Crippen LogP contribution in [0.3, 0.4) is 0 Å². The minimum Gasteiger partial charge on any atom is -0.447 e. The number of carbonyl (C=O) groups excluding carboxylic acids is 6. The summed E-state index contributed by atoms with van der Waals surface area (Å²) in [6.45, 7) is 20.2. The van der Waals surface area contributed by atoms with E-state index >= 15 is 0 Å². The Hall–Kier alpha value is -3.64. The van der Waals surface area contributed by atoms with Crippen LogP contribution in [0.2, 0.25) is 0 Å². The molecule has 1 saturated heterocycles. The zero-order chi connectivity index (χ0) is 38.2. The number of Topliss-reactive ketones (excluding diaryl/α,β-unsaturated/α-hetero) is 1. The van der Waals surface area contributed by atoms with Crippen molar-refractivity contribution in [2.24, 2.45) is 21.7 Å². The lowest BCUT2D eigenvalue weighted by molar-refractivity contribution is -0.144. The third-order valence-electron chi connectivity index (χ3n) is 11.5. The fraction of sp³-hybridized carbons (Fsp3) is 0.789. The van der Waals surface area contributed by atoms with Gasteiger partial charge in [-0.25, -0.2) is 9.59 Å². The van der Waals surface area contributed by atoms with Crippen molar-refractivity contribution in [2.45, 2.75) is 144 Å². The number of amides is 6. The third kappa shape index (κ3) is 10.5. The molecule has 13 heteroatoms. The molecule has 3 fully saturated rings.